The Morgan fingerprint density at radius 3 is 3.36 bits per heavy atom. The summed E-state index contributed by atoms with van der Waals surface area (Å²) in [5.74, 6) is -2.84. The molecule has 0 saturated carbocycles. The number of aliphatic hydroxyl groups is 1. The van der Waals surface area contributed by atoms with Gasteiger partial charge in [-0.15, -0.1) is 0 Å². The van der Waals surface area contributed by atoms with Crippen molar-refractivity contribution in [2.24, 2.45) is 5.89 Å². The molecule has 2 aliphatic carbocycles. The number of ether oxygens (including phenoxy) is 2. The largest absolute Gasteiger partial charge is 0.493 e. The van der Waals surface area contributed by atoms with E-state index in [0.29, 0.717) is 0 Å². The van der Waals surface area contributed by atoms with Crippen LogP contribution in [0.5, 0.6) is 11.5 Å². The van der Waals surface area contributed by atoms with Crippen LogP contribution in [0.2, 0.25) is 0 Å². The van der Waals surface area contributed by atoms with Gasteiger partial charge >= 0.3 is 0 Å². The number of hydrogen-bond donors (Lipinski definition) is 1. The summed E-state index contributed by atoms with van der Waals surface area (Å²) in [5.41, 5.74) is -1.43. The van der Waals surface area contributed by atoms with Crippen LogP contribution >= 0.6 is 0 Å². The number of methoxy groups -OCH3 is 1. The van der Waals surface area contributed by atoms with E-state index in [4.69, 9.17) is 21.8 Å². The predicted octanol–water partition coefficient (Wildman–Crippen LogP) is 1.50. The third-order valence-corrected chi connectivity index (χ3v) is 5.17. The van der Waals surface area contributed by atoms with Gasteiger partial charge < -0.3 is 19.5 Å². The van der Waals surface area contributed by atoms with Gasteiger partial charge in [0.2, 0.25) is 0 Å². The fourth-order valence-electron chi connectivity index (χ4n) is 4.30. The molecule has 4 heteroatoms. The average Bonchev–Trinajstić information content (AvgIpc) is 2.99. The van der Waals surface area contributed by atoms with Crippen LogP contribution in [-0.4, -0.2) is 48.8 Å². The Morgan fingerprint density at radius 1 is 1.55 bits per heavy atom. The maximum absolute atomic E-state index is 10.9. The molecular weight excluding hydrogens is 278 g/mol. The van der Waals surface area contributed by atoms with Crippen LogP contribution in [0.15, 0.2) is 24.2 Å². The molecule has 0 radical (unpaired) electrons. The lowest BCUT2D eigenvalue weighted by molar-refractivity contribution is -0.0453. The second-order valence-corrected chi connectivity index (χ2v) is 6.03. The van der Waals surface area contributed by atoms with Crippen LogP contribution in [0.1, 0.15) is 32.6 Å². The summed E-state index contributed by atoms with van der Waals surface area (Å²) >= 11 is 0. The van der Waals surface area contributed by atoms with Crippen LogP contribution < -0.4 is 9.47 Å². The van der Waals surface area contributed by atoms with Gasteiger partial charge in [-0.2, -0.15) is 0 Å². The number of hydrogen-bond acceptors (Lipinski definition) is 4. The maximum Gasteiger partial charge on any atom is 0.165 e. The van der Waals surface area contributed by atoms with Crippen LogP contribution in [0.25, 0.3) is 0 Å². The number of likely N-dealkylation sites (tertiary alicyclic amines) is 1. The Hall–Kier alpha value is -1.52. The van der Waals surface area contributed by atoms with Gasteiger partial charge in [0, 0.05) is 29.7 Å². The van der Waals surface area contributed by atoms with Crippen molar-refractivity contribution in [3.63, 3.8) is 0 Å². The highest BCUT2D eigenvalue weighted by atomic mass is 16.5. The molecule has 2 unspecified atom stereocenters. The van der Waals surface area contributed by atoms with Crippen molar-refractivity contribution in [1.82, 2.24) is 4.90 Å². The van der Waals surface area contributed by atoms with E-state index < -0.39 is 67.8 Å². The van der Waals surface area contributed by atoms with E-state index in [0.717, 1.165) is 17.1 Å². The van der Waals surface area contributed by atoms with Gasteiger partial charge in [0.05, 0.1) is 15.3 Å². The van der Waals surface area contributed by atoms with Gasteiger partial charge in [0.1, 0.15) is 12.2 Å². The molecule has 4 nitrogen and oxygen atoms in total. The van der Waals surface area contributed by atoms with Gasteiger partial charge in [-0.05, 0) is 38.0 Å². The molecule has 0 aromatic heterocycles. The maximum atomic E-state index is 10.9. The molecule has 2 aliphatic heterocycles. The van der Waals surface area contributed by atoms with Crippen LogP contribution in [0, 0.1) is 5.89 Å². The third kappa shape index (κ3) is 1.28. The minimum Gasteiger partial charge on any atom is -0.493 e. The molecule has 2 heterocycles. The Balaban J connectivity index is 1.89. The second-order valence-electron chi connectivity index (χ2n) is 6.03. The number of benzene rings is 1. The molecule has 4 aliphatic rings. The Morgan fingerprint density at radius 2 is 2.50 bits per heavy atom. The Bertz CT molecular complexity index is 1100. The minimum absolute atomic E-state index is 0.0633. The Kier molecular flexibility index (Phi) is 1.14. The fraction of sp³-hybridized carbons (Fsp3) is 0.556. The molecule has 1 spiro atoms. The zero-order valence-electron chi connectivity index (χ0n) is 22.6. The highest BCUT2D eigenvalue weighted by molar-refractivity contribution is 5.62. The number of nitrogens with zero attached hydrogens (tertiary/aromatic N) is 1. The molecule has 0 amide bonds. The number of rotatable bonds is 1. The van der Waals surface area contributed by atoms with Gasteiger partial charge in [0.15, 0.2) is 11.5 Å². The topological polar surface area (TPSA) is 41.9 Å². The van der Waals surface area contributed by atoms with Crippen molar-refractivity contribution < 1.29 is 29.7 Å². The molecule has 1 fully saturated rings. The SMILES string of the molecule is [2H]c1c([2H])c(OC([2H])([2H])[2H])c2c3c1C[C@@]1([2H])N(C([2H])([2H])[2H])CC[C@@]34C(O2)C([2H])(O)C=C[C@]41[2H]. The third-order valence-electron chi connectivity index (χ3n) is 5.17. The fourth-order valence-corrected chi connectivity index (χ4v) is 4.30. The molecule has 1 aromatic rings. The van der Waals surface area contributed by atoms with E-state index in [-0.39, 0.29) is 29.8 Å². The highest BCUT2D eigenvalue weighted by Crippen LogP contribution is 2.62. The van der Waals surface area contributed by atoms with Gasteiger partial charge in [-0.25, -0.2) is 0 Å². The first-order valence-electron chi connectivity index (χ1n) is 12.6. The standard InChI is InChI=1S/C18H21NO3/c1-19-8-7-18-11-4-5-13(20)17(18)22-16-14(21-2)6-3-10(15(16)18)9-12(11)19/h3-6,11-13,17,20H,7-9H2,1-2H3/t11-,12+,13?,17?,18-/m0/s1/i1D3,2D3,3D,6D,11D,12D,13D. The van der Waals surface area contributed by atoms with Gasteiger partial charge in [-0.3, -0.25) is 0 Å². The molecule has 116 valence electrons. The summed E-state index contributed by atoms with van der Waals surface area (Å²) in [4.78, 5) is 0.908. The summed E-state index contributed by atoms with van der Waals surface area (Å²) in [6.07, 6.45) is -2.30. The summed E-state index contributed by atoms with van der Waals surface area (Å²) < 4.78 is 101. The smallest absolute Gasteiger partial charge is 0.165 e. The van der Waals surface area contributed by atoms with E-state index in [1.54, 1.807) is 0 Å². The monoisotopic (exact) mass is 310 g/mol. The van der Waals surface area contributed by atoms with Crippen molar-refractivity contribution in [1.29, 1.82) is 0 Å². The summed E-state index contributed by atoms with van der Waals surface area (Å²) in [6, 6.07) is -3.24. The van der Waals surface area contributed by atoms with E-state index >= 15 is 0 Å². The van der Waals surface area contributed by atoms with Crippen LogP contribution in [0.3, 0.4) is 0 Å². The molecule has 5 rings (SSSR count). The van der Waals surface area contributed by atoms with Crippen molar-refractivity contribution in [3.8, 4) is 11.5 Å². The average molecular weight is 310 g/mol. The summed E-state index contributed by atoms with van der Waals surface area (Å²) in [5, 5.41) is 10.9. The van der Waals surface area contributed by atoms with E-state index in [2.05, 4.69) is 0 Å². The lowest BCUT2D eigenvalue weighted by Gasteiger charge is -2.56. The second kappa shape index (κ2) is 4.06. The molecule has 2 bridgehead atoms. The highest BCUT2D eigenvalue weighted by Gasteiger charge is 2.64. The number of likely N-dealkylation sites (N-methyl/N-ethyl adjacent to an activating group) is 1. The minimum atomic E-state index is -2.99. The molecule has 1 saturated heterocycles. The van der Waals surface area contributed by atoms with Gasteiger partial charge in [0.25, 0.3) is 0 Å². The van der Waals surface area contributed by atoms with Crippen molar-refractivity contribution in [3.05, 3.63) is 35.4 Å². The summed E-state index contributed by atoms with van der Waals surface area (Å²) in [7, 11) is -2.99. The first-order valence-corrected chi connectivity index (χ1v) is 7.13. The van der Waals surface area contributed by atoms with Crippen LogP contribution in [-0.2, 0) is 11.8 Å². The first kappa shape index (κ1) is 6.17. The number of piperidine rings is 1. The molecule has 1 aromatic carbocycles. The lowest BCUT2D eigenvalue weighted by atomic mass is 9.53. The van der Waals surface area contributed by atoms with E-state index in [9.17, 15) is 7.85 Å². The zero-order valence-corrected chi connectivity index (χ0v) is 11.6. The predicted molar refractivity (Wildman–Crippen MR) is 82.5 cm³/mol. The molecular formula is C18H21NO3. The van der Waals surface area contributed by atoms with Crippen molar-refractivity contribution in [2.45, 2.75) is 36.5 Å². The van der Waals surface area contributed by atoms with Gasteiger partial charge in [-0.1, -0.05) is 18.2 Å². The molecule has 5 atom stereocenters. The first-order chi connectivity index (χ1) is 14.9. The Labute approximate surface area is 145 Å². The molecule has 1 N–H and O–H groups in total. The summed E-state index contributed by atoms with van der Waals surface area (Å²) in [6.45, 7) is -2.93. The zero-order chi connectivity index (χ0) is 24.6. The molecule has 22 heavy (non-hydrogen) atoms. The van der Waals surface area contributed by atoms with E-state index in [1.807, 2.05) is 0 Å². The van der Waals surface area contributed by atoms with E-state index in [1.165, 1.54) is 0 Å². The van der Waals surface area contributed by atoms with Crippen molar-refractivity contribution in [2.75, 3.05) is 20.6 Å². The lowest BCUT2D eigenvalue weighted by Crippen LogP contribution is -2.64. The normalized spacial score (nSPS) is 59.5. The van der Waals surface area contributed by atoms with Crippen LogP contribution in [0.4, 0.5) is 0 Å². The van der Waals surface area contributed by atoms with Crippen molar-refractivity contribution >= 4 is 0 Å². The quantitative estimate of drug-likeness (QED) is 0.798.